The maximum absolute atomic E-state index is 10.8. The molecule has 0 aliphatic heterocycles. The van der Waals surface area contributed by atoms with Crippen molar-refractivity contribution < 1.29 is 4.79 Å². The van der Waals surface area contributed by atoms with E-state index < -0.39 is 0 Å². The number of halogens is 1. The van der Waals surface area contributed by atoms with E-state index in [0.29, 0.717) is 10.4 Å². The zero-order valence-corrected chi connectivity index (χ0v) is 7.71. The van der Waals surface area contributed by atoms with Crippen molar-refractivity contribution >= 4 is 27.7 Å². The van der Waals surface area contributed by atoms with Crippen LogP contribution in [-0.4, -0.2) is 15.9 Å². The van der Waals surface area contributed by atoms with Gasteiger partial charge in [0.2, 0.25) is 5.91 Å². The number of aromatic nitrogens is 2. The van der Waals surface area contributed by atoms with Crippen molar-refractivity contribution in [2.45, 2.75) is 0 Å². The van der Waals surface area contributed by atoms with Crippen LogP contribution in [-0.2, 0) is 4.79 Å². The Labute approximate surface area is 77.9 Å². The van der Waals surface area contributed by atoms with Gasteiger partial charge in [0.15, 0.2) is 5.82 Å². The first-order valence-corrected chi connectivity index (χ1v) is 3.92. The minimum Gasteiger partial charge on any atom is -0.306 e. The fourth-order valence-corrected chi connectivity index (χ4v) is 0.759. The van der Waals surface area contributed by atoms with Crippen LogP contribution in [0.15, 0.2) is 29.7 Å². The van der Waals surface area contributed by atoms with Gasteiger partial charge < -0.3 is 5.32 Å². The molecule has 0 spiro atoms. The lowest BCUT2D eigenvalue weighted by Gasteiger charge is -1.98. The summed E-state index contributed by atoms with van der Waals surface area (Å²) in [6.07, 6.45) is 4.12. The number of hydrogen-bond acceptors (Lipinski definition) is 3. The quantitative estimate of drug-likeness (QED) is 0.777. The molecule has 1 N–H and O–H groups in total. The number of carbonyl (C=O) groups is 1. The molecule has 1 rings (SSSR count). The standard InChI is InChI=1S/C7H6BrN3O/c1-2-7(12)11-6-4-9-5(8)3-10-6/h2-4H,1H2,(H,10,11,12). The van der Waals surface area contributed by atoms with Crippen molar-refractivity contribution in [2.75, 3.05) is 5.32 Å². The van der Waals surface area contributed by atoms with Gasteiger partial charge in [-0.15, -0.1) is 0 Å². The van der Waals surface area contributed by atoms with E-state index in [2.05, 4.69) is 37.8 Å². The van der Waals surface area contributed by atoms with Crippen LogP contribution in [0.3, 0.4) is 0 Å². The first-order valence-electron chi connectivity index (χ1n) is 3.13. The van der Waals surface area contributed by atoms with E-state index in [1.807, 2.05) is 0 Å². The third-order valence-electron chi connectivity index (χ3n) is 1.06. The van der Waals surface area contributed by atoms with Crippen LogP contribution in [0, 0.1) is 0 Å². The molecule has 0 fully saturated rings. The monoisotopic (exact) mass is 227 g/mol. The SMILES string of the molecule is C=CC(=O)Nc1cnc(Br)cn1. The molecule has 0 aliphatic rings. The molecule has 1 aromatic heterocycles. The second-order valence-corrected chi connectivity index (χ2v) is 2.73. The fourth-order valence-electron chi connectivity index (χ4n) is 0.554. The lowest BCUT2D eigenvalue weighted by molar-refractivity contribution is -0.111. The van der Waals surface area contributed by atoms with Gasteiger partial charge in [-0.05, 0) is 22.0 Å². The van der Waals surface area contributed by atoms with Gasteiger partial charge in [-0.1, -0.05) is 6.58 Å². The summed E-state index contributed by atoms with van der Waals surface area (Å²) in [5, 5.41) is 2.47. The Morgan fingerprint density at radius 1 is 1.58 bits per heavy atom. The predicted molar refractivity (Wildman–Crippen MR) is 48.6 cm³/mol. The van der Waals surface area contributed by atoms with E-state index in [9.17, 15) is 4.79 Å². The molecule has 4 nitrogen and oxygen atoms in total. The van der Waals surface area contributed by atoms with Gasteiger partial charge in [0.1, 0.15) is 4.60 Å². The molecule has 0 saturated carbocycles. The van der Waals surface area contributed by atoms with Gasteiger partial charge in [-0.25, -0.2) is 9.97 Å². The summed E-state index contributed by atoms with van der Waals surface area (Å²) >= 11 is 3.12. The van der Waals surface area contributed by atoms with E-state index in [-0.39, 0.29) is 5.91 Å². The van der Waals surface area contributed by atoms with Crippen molar-refractivity contribution in [1.29, 1.82) is 0 Å². The van der Waals surface area contributed by atoms with E-state index in [4.69, 9.17) is 0 Å². The number of nitrogens with zero attached hydrogens (tertiary/aromatic N) is 2. The summed E-state index contributed by atoms with van der Waals surface area (Å²) in [5.41, 5.74) is 0. The molecule has 1 amide bonds. The van der Waals surface area contributed by atoms with Crippen molar-refractivity contribution in [3.63, 3.8) is 0 Å². The van der Waals surface area contributed by atoms with Gasteiger partial charge in [-0.3, -0.25) is 4.79 Å². The zero-order chi connectivity index (χ0) is 8.97. The van der Waals surface area contributed by atoms with Crippen molar-refractivity contribution in [3.05, 3.63) is 29.7 Å². The van der Waals surface area contributed by atoms with Crippen LogP contribution in [0.25, 0.3) is 0 Å². The molecule has 0 radical (unpaired) electrons. The van der Waals surface area contributed by atoms with E-state index >= 15 is 0 Å². The molecule has 62 valence electrons. The number of amides is 1. The summed E-state index contributed by atoms with van der Waals surface area (Å²) in [7, 11) is 0. The second-order valence-electron chi connectivity index (χ2n) is 1.92. The Morgan fingerprint density at radius 3 is 2.83 bits per heavy atom. The van der Waals surface area contributed by atoms with E-state index in [1.165, 1.54) is 18.5 Å². The zero-order valence-electron chi connectivity index (χ0n) is 6.12. The first-order chi connectivity index (χ1) is 5.72. The second kappa shape index (κ2) is 3.96. The average molecular weight is 228 g/mol. The fraction of sp³-hybridized carbons (Fsp3) is 0. The smallest absolute Gasteiger partial charge is 0.248 e. The molecular formula is C7H6BrN3O. The van der Waals surface area contributed by atoms with E-state index in [0.717, 1.165) is 0 Å². The van der Waals surface area contributed by atoms with Crippen LogP contribution in [0.5, 0.6) is 0 Å². The molecule has 1 heterocycles. The largest absolute Gasteiger partial charge is 0.306 e. The topological polar surface area (TPSA) is 54.9 Å². The molecular weight excluding hydrogens is 222 g/mol. The molecule has 1 aromatic rings. The number of rotatable bonds is 2. The number of hydrogen-bond donors (Lipinski definition) is 1. The van der Waals surface area contributed by atoms with Crippen LogP contribution in [0.4, 0.5) is 5.82 Å². The van der Waals surface area contributed by atoms with Crippen LogP contribution in [0.1, 0.15) is 0 Å². The Morgan fingerprint density at radius 2 is 2.33 bits per heavy atom. The number of nitrogens with one attached hydrogen (secondary N) is 1. The van der Waals surface area contributed by atoms with Gasteiger partial charge in [0, 0.05) is 0 Å². The predicted octanol–water partition coefficient (Wildman–Crippen LogP) is 1.36. The summed E-state index contributed by atoms with van der Waals surface area (Å²) < 4.78 is 0.624. The highest BCUT2D eigenvalue weighted by atomic mass is 79.9. The first kappa shape index (κ1) is 8.86. The third kappa shape index (κ3) is 2.43. The molecule has 0 saturated heterocycles. The van der Waals surface area contributed by atoms with Crippen LogP contribution >= 0.6 is 15.9 Å². The van der Waals surface area contributed by atoms with Crippen LogP contribution < -0.4 is 5.32 Å². The summed E-state index contributed by atoms with van der Waals surface area (Å²) in [5.74, 6) is 0.106. The average Bonchev–Trinajstić information content (AvgIpc) is 2.09. The molecule has 0 unspecified atom stereocenters. The highest BCUT2D eigenvalue weighted by Crippen LogP contribution is 2.05. The van der Waals surface area contributed by atoms with Gasteiger partial charge in [-0.2, -0.15) is 0 Å². The lowest BCUT2D eigenvalue weighted by Crippen LogP contribution is -2.08. The maximum atomic E-state index is 10.8. The third-order valence-corrected chi connectivity index (χ3v) is 1.47. The van der Waals surface area contributed by atoms with Crippen molar-refractivity contribution in [3.8, 4) is 0 Å². The van der Waals surface area contributed by atoms with Crippen molar-refractivity contribution in [1.82, 2.24) is 9.97 Å². The maximum Gasteiger partial charge on any atom is 0.248 e. The van der Waals surface area contributed by atoms with Gasteiger partial charge in [0.25, 0.3) is 0 Å². The molecule has 0 atom stereocenters. The minimum absolute atomic E-state index is 0.299. The Balaban J connectivity index is 2.71. The molecule has 5 heteroatoms. The summed E-state index contributed by atoms with van der Waals surface area (Å²) in [4.78, 5) is 18.5. The molecule has 0 bridgehead atoms. The van der Waals surface area contributed by atoms with Gasteiger partial charge in [0.05, 0.1) is 12.4 Å². The molecule has 0 aliphatic carbocycles. The Bertz CT molecular complexity index is 296. The number of carbonyl (C=O) groups excluding carboxylic acids is 1. The summed E-state index contributed by atoms with van der Waals surface area (Å²) in [6.45, 7) is 3.30. The van der Waals surface area contributed by atoms with Crippen LogP contribution in [0.2, 0.25) is 0 Å². The highest BCUT2D eigenvalue weighted by molar-refractivity contribution is 9.10. The number of anilines is 1. The highest BCUT2D eigenvalue weighted by Gasteiger charge is 1.97. The minimum atomic E-state index is -0.299. The van der Waals surface area contributed by atoms with Gasteiger partial charge >= 0.3 is 0 Å². The molecule has 0 aromatic carbocycles. The van der Waals surface area contributed by atoms with E-state index in [1.54, 1.807) is 0 Å². The Hall–Kier alpha value is -1.23. The summed E-state index contributed by atoms with van der Waals surface area (Å²) in [6, 6.07) is 0. The molecule has 12 heavy (non-hydrogen) atoms. The lowest BCUT2D eigenvalue weighted by atomic mass is 10.5. The normalized spacial score (nSPS) is 9.08. The Kier molecular flexibility index (Phi) is 2.93. The van der Waals surface area contributed by atoms with Crippen molar-refractivity contribution in [2.24, 2.45) is 0 Å².